The van der Waals surface area contributed by atoms with Crippen molar-refractivity contribution in [3.63, 3.8) is 0 Å². The predicted octanol–water partition coefficient (Wildman–Crippen LogP) is 5.44. The van der Waals surface area contributed by atoms with Crippen LogP contribution in [-0.2, 0) is 13.0 Å². The number of hydrogen-bond acceptors (Lipinski definition) is 5. The maximum Gasteiger partial charge on any atom is 0.439 e. The van der Waals surface area contributed by atoms with Gasteiger partial charge in [-0.25, -0.2) is 9.78 Å². The van der Waals surface area contributed by atoms with Gasteiger partial charge in [0.05, 0.1) is 11.0 Å². The fourth-order valence-electron chi connectivity index (χ4n) is 4.95. The molecule has 1 aliphatic heterocycles. The van der Waals surface area contributed by atoms with Gasteiger partial charge >= 0.3 is 5.76 Å². The summed E-state index contributed by atoms with van der Waals surface area (Å²) in [6, 6.07) is 20.6. The molecule has 0 bridgehead atoms. The van der Waals surface area contributed by atoms with Gasteiger partial charge in [0.15, 0.2) is 5.82 Å². The van der Waals surface area contributed by atoms with Gasteiger partial charge in [0, 0.05) is 23.2 Å². The monoisotopic (exact) mass is 464 g/mol. The van der Waals surface area contributed by atoms with Crippen LogP contribution in [0.15, 0.2) is 70.0 Å². The molecule has 7 nitrogen and oxygen atoms in total. The molecule has 3 heterocycles. The number of aromatic amines is 1. The number of rotatable bonds is 3. The molecule has 0 fully saturated rings. The van der Waals surface area contributed by atoms with Gasteiger partial charge in [0.1, 0.15) is 18.2 Å². The van der Waals surface area contributed by atoms with E-state index >= 15 is 0 Å². The molecular formula is C28H24N4O3. The van der Waals surface area contributed by atoms with Crippen molar-refractivity contribution in [2.45, 2.75) is 33.8 Å². The minimum atomic E-state index is -0.579. The molecule has 7 heteroatoms. The topological polar surface area (TPSA) is 85.9 Å². The van der Waals surface area contributed by atoms with E-state index in [-0.39, 0.29) is 0 Å². The molecule has 2 aromatic heterocycles. The summed E-state index contributed by atoms with van der Waals surface area (Å²) < 4.78 is 13.3. The van der Waals surface area contributed by atoms with Gasteiger partial charge in [-0.15, -0.1) is 0 Å². The first-order chi connectivity index (χ1) is 17.0. The number of imidazole rings is 1. The fourth-order valence-corrected chi connectivity index (χ4v) is 4.95. The van der Waals surface area contributed by atoms with E-state index in [2.05, 4.69) is 58.9 Å². The first kappa shape index (κ1) is 21.2. The Kier molecular flexibility index (Phi) is 4.91. The van der Waals surface area contributed by atoms with Crippen LogP contribution in [0.5, 0.6) is 5.75 Å². The van der Waals surface area contributed by atoms with Crippen molar-refractivity contribution >= 4 is 22.2 Å². The zero-order chi connectivity index (χ0) is 24.1. The molecule has 3 aromatic carbocycles. The van der Waals surface area contributed by atoms with Crippen LogP contribution in [0.4, 0.5) is 0 Å². The van der Waals surface area contributed by atoms with E-state index in [4.69, 9.17) is 14.2 Å². The van der Waals surface area contributed by atoms with E-state index in [1.807, 2.05) is 37.3 Å². The van der Waals surface area contributed by atoms with Crippen LogP contribution in [0.2, 0.25) is 0 Å². The van der Waals surface area contributed by atoms with E-state index < -0.39 is 5.76 Å². The quantitative estimate of drug-likeness (QED) is 0.384. The molecule has 0 aliphatic carbocycles. The van der Waals surface area contributed by atoms with Gasteiger partial charge in [0.2, 0.25) is 0 Å². The third kappa shape index (κ3) is 3.39. The highest BCUT2D eigenvalue weighted by Gasteiger charge is 2.25. The van der Waals surface area contributed by atoms with Crippen LogP contribution in [0.1, 0.15) is 47.8 Å². The van der Waals surface area contributed by atoms with Crippen LogP contribution >= 0.6 is 0 Å². The van der Waals surface area contributed by atoms with Crippen molar-refractivity contribution in [3.8, 4) is 11.4 Å². The number of nitrogens with one attached hydrogen (secondary N) is 1. The largest absolute Gasteiger partial charge is 0.488 e. The van der Waals surface area contributed by atoms with Crippen LogP contribution in [0, 0.1) is 6.92 Å². The Balaban J connectivity index is 1.61. The van der Waals surface area contributed by atoms with Crippen molar-refractivity contribution in [3.05, 3.63) is 105 Å². The smallest absolute Gasteiger partial charge is 0.439 e. The van der Waals surface area contributed by atoms with Crippen LogP contribution in [0.3, 0.4) is 0 Å². The maximum absolute atomic E-state index is 11.7. The number of para-hydroxylation sites is 2. The zero-order valence-electron chi connectivity index (χ0n) is 19.8. The number of fused-ring (bicyclic) bond motifs is 3. The van der Waals surface area contributed by atoms with Gasteiger partial charge in [0.25, 0.3) is 0 Å². The Bertz CT molecular complexity index is 1690. The summed E-state index contributed by atoms with van der Waals surface area (Å²) in [6.45, 7) is 6.54. The zero-order valence-corrected chi connectivity index (χ0v) is 19.8. The Morgan fingerprint density at radius 1 is 1.11 bits per heavy atom. The molecule has 0 atom stereocenters. The number of hydrogen-bond donors (Lipinski definition) is 1. The highest BCUT2D eigenvalue weighted by atomic mass is 16.5. The molecule has 5 aromatic rings. The minimum Gasteiger partial charge on any atom is -0.488 e. The third-order valence-electron chi connectivity index (χ3n) is 6.60. The summed E-state index contributed by atoms with van der Waals surface area (Å²) in [4.78, 5) is 19.2. The Morgan fingerprint density at radius 3 is 2.77 bits per heavy atom. The molecule has 0 saturated carbocycles. The van der Waals surface area contributed by atoms with Gasteiger partial charge in [-0.05, 0) is 66.4 Å². The van der Waals surface area contributed by atoms with Crippen molar-refractivity contribution in [1.29, 1.82) is 0 Å². The van der Waals surface area contributed by atoms with E-state index in [1.165, 1.54) is 0 Å². The molecule has 0 unspecified atom stereocenters. The van der Waals surface area contributed by atoms with Crippen molar-refractivity contribution in [2.75, 3.05) is 0 Å². The third-order valence-corrected chi connectivity index (χ3v) is 6.60. The average Bonchev–Trinajstić information content (AvgIpc) is 3.43. The Hall–Kier alpha value is -4.39. The number of aromatic nitrogens is 4. The number of aryl methyl sites for hydroxylation is 2. The molecule has 0 radical (unpaired) electrons. The standard InChI is InChI=1S/C28H24N4O3/c1-4-24-29-21-9-5-6-10-22(21)32(24)19-12-13-20-18(14-19)15-34-23-11-7-8-16(2)25(23)26(20)17(3)27-30-28(33)35-31-27/h5-14H,4,15H2,1-3H3,(H,30,31,33)/b26-17+. The van der Waals surface area contributed by atoms with E-state index in [0.717, 1.165) is 68.1 Å². The average molecular weight is 465 g/mol. The second-order valence-corrected chi connectivity index (χ2v) is 8.73. The normalized spacial score (nSPS) is 14.3. The second-order valence-electron chi connectivity index (χ2n) is 8.73. The molecule has 0 spiro atoms. The van der Waals surface area contributed by atoms with Crippen molar-refractivity contribution in [2.24, 2.45) is 0 Å². The van der Waals surface area contributed by atoms with E-state index in [0.29, 0.717) is 12.4 Å². The highest BCUT2D eigenvalue weighted by Crippen LogP contribution is 2.42. The molecule has 1 aliphatic rings. The van der Waals surface area contributed by atoms with Gasteiger partial charge < -0.3 is 4.74 Å². The number of nitrogens with zero attached hydrogens (tertiary/aromatic N) is 3. The number of benzene rings is 3. The lowest BCUT2D eigenvalue weighted by Crippen LogP contribution is -2.04. The SMILES string of the molecule is CCc1nc2ccccc2n1-c1ccc2c(c1)COc1cccc(C)c1/C2=C(\C)c1noc(=O)[nH]1. The Morgan fingerprint density at radius 2 is 1.97 bits per heavy atom. The molecule has 6 rings (SSSR count). The summed E-state index contributed by atoms with van der Waals surface area (Å²) in [6.07, 6.45) is 0.816. The van der Waals surface area contributed by atoms with Gasteiger partial charge in [-0.2, -0.15) is 0 Å². The lowest BCUT2D eigenvalue weighted by molar-refractivity contribution is 0.307. The number of H-pyrrole nitrogens is 1. The molecule has 35 heavy (non-hydrogen) atoms. The summed E-state index contributed by atoms with van der Waals surface area (Å²) >= 11 is 0. The maximum atomic E-state index is 11.7. The van der Waals surface area contributed by atoms with E-state index in [1.54, 1.807) is 0 Å². The van der Waals surface area contributed by atoms with Crippen LogP contribution in [-0.4, -0.2) is 19.7 Å². The molecule has 174 valence electrons. The first-order valence-electron chi connectivity index (χ1n) is 11.6. The first-order valence-corrected chi connectivity index (χ1v) is 11.6. The molecule has 0 amide bonds. The van der Waals surface area contributed by atoms with Gasteiger partial charge in [-0.3, -0.25) is 14.1 Å². The summed E-state index contributed by atoms with van der Waals surface area (Å²) in [5, 5.41) is 3.96. The Labute approximate surface area is 201 Å². The number of allylic oxidation sites excluding steroid dienone is 1. The molecule has 0 saturated heterocycles. The predicted molar refractivity (Wildman–Crippen MR) is 135 cm³/mol. The molecule has 1 N–H and O–H groups in total. The summed E-state index contributed by atoms with van der Waals surface area (Å²) in [7, 11) is 0. The van der Waals surface area contributed by atoms with E-state index in [9.17, 15) is 4.79 Å². The summed E-state index contributed by atoms with van der Waals surface area (Å²) in [5.41, 5.74) is 9.00. The summed E-state index contributed by atoms with van der Waals surface area (Å²) in [5.74, 6) is 1.63. The van der Waals surface area contributed by atoms with Crippen LogP contribution in [0.25, 0.3) is 27.9 Å². The number of ether oxygens (including phenoxy) is 1. The lowest BCUT2D eigenvalue weighted by atomic mass is 9.88. The van der Waals surface area contributed by atoms with Crippen molar-refractivity contribution in [1.82, 2.24) is 19.7 Å². The van der Waals surface area contributed by atoms with Gasteiger partial charge in [-0.1, -0.05) is 42.4 Å². The second kappa shape index (κ2) is 8.13. The van der Waals surface area contributed by atoms with Crippen LogP contribution < -0.4 is 10.5 Å². The lowest BCUT2D eigenvalue weighted by Gasteiger charge is -2.17. The van der Waals surface area contributed by atoms with Crippen molar-refractivity contribution < 1.29 is 9.26 Å². The molecular weight excluding hydrogens is 440 g/mol. The fraction of sp³-hybridized carbons (Fsp3) is 0.179. The minimum absolute atomic E-state index is 0.407. The highest BCUT2D eigenvalue weighted by molar-refractivity contribution is 6.00.